The fourth-order valence-corrected chi connectivity index (χ4v) is 4.03. The summed E-state index contributed by atoms with van der Waals surface area (Å²) in [5.74, 6) is 1.29. The van der Waals surface area contributed by atoms with Gasteiger partial charge in [-0.2, -0.15) is 0 Å². The number of benzene rings is 3. The van der Waals surface area contributed by atoms with Gasteiger partial charge in [0.25, 0.3) is 5.91 Å². The minimum atomic E-state index is -0.148. The highest BCUT2D eigenvalue weighted by molar-refractivity contribution is 7.22. The molecule has 152 valence electrons. The molecule has 0 aliphatic carbocycles. The number of amides is 1. The smallest absolute Gasteiger partial charge is 0.267 e. The van der Waals surface area contributed by atoms with E-state index in [-0.39, 0.29) is 12.5 Å². The Morgan fingerprint density at radius 2 is 1.73 bits per heavy atom. The molecular weight excluding hydrogens is 396 g/mol. The molecule has 6 heteroatoms. The topological polar surface area (TPSA) is 51.7 Å². The zero-order valence-corrected chi connectivity index (χ0v) is 17.7. The lowest BCUT2D eigenvalue weighted by atomic mass is 10.2. The first-order valence-electron chi connectivity index (χ1n) is 9.61. The average Bonchev–Trinajstić information content (AvgIpc) is 3.20. The number of ether oxygens (including phenoxy) is 2. The molecule has 1 aromatic heterocycles. The van der Waals surface area contributed by atoms with Crippen LogP contribution in [0.5, 0.6) is 11.5 Å². The Labute approximate surface area is 179 Å². The van der Waals surface area contributed by atoms with E-state index < -0.39 is 0 Å². The van der Waals surface area contributed by atoms with Gasteiger partial charge in [-0.25, -0.2) is 4.98 Å². The van der Waals surface area contributed by atoms with Crippen LogP contribution in [0.2, 0.25) is 0 Å². The highest BCUT2D eigenvalue weighted by atomic mass is 32.1. The van der Waals surface area contributed by atoms with Crippen LogP contribution in [0.4, 0.5) is 5.13 Å². The van der Waals surface area contributed by atoms with E-state index in [0.717, 1.165) is 27.1 Å². The standard InChI is InChI=1S/C24H22N2O3S/c1-17-8-10-19(11-9-17)29-16-23(27)26(15-18-6-4-3-5-7-18)24-25-21-13-12-20(28-2)14-22(21)30-24/h3-14H,15-16H2,1-2H3. The van der Waals surface area contributed by atoms with Crippen LogP contribution < -0.4 is 14.4 Å². The number of nitrogens with zero attached hydrogens (tertiary/aromatic N) is 2. The minimum absolute atomic E-state index is 0.0604. The average molecular weight is 419 g/mol. The lowest BCUT2D eigenvalue weighted by Gasteiger charge is -2.20. The number of anilines is 1. The largest absolute Gasteiger partial charge is 0.497 e. The minimum Gasteiger partial charge on any atom is -0.497 e. The van der Waals surface area contributed by atoms with Crippen molar-refractivity contribution in [3.8, 4) is 11.5 Å². The van der Waals surface area contributed by atoms with Gasteiger partial charge in [0.15, 0.2) is 11.7 Å². The summed E-state index contributed by atoms with van der Waals surface area (Å²) in [7, 11) is 1.64. The molecule has 30 heavy (non-hydrogen) atoms. The van der Waals surface area contributed by atoms with Crippen molar-refractivity contribution >= 4 is 32.6 Å². The second-order valence-electron chi connectivity index (χ2n) is 6.90. The molecule has 0 radical (unpaired) electrons. The Bertz CT molecular complexity index is 1140. The normalized spacial score (nSPS) is 10.7. The number of hydrogen-bond donors (Lipinski definition) is 0. The van der Waals surface area contributed by atoms with Crippen LogP contribution in [0.1, 0.15) is 11.1 Å². The molecule has 0 saturated heterocycles. The highest BCUT2D eigenvalue weighted by Crippen LogP contribution is 2.32. The Balaban J connectivity index is 1.60. The summed E-state index contributed by atoms with van der Waals surface area (Å²) in [5.41, 5.74) is 3.00. The molecule has 1 heterocycles. The predicted octanol–water partition coefficient (Wildman–Crippen LogP) is 5.23. The van der Waals surface area contributed by atoms with Crippen molar-refractivity contribution in [1.82, 2.24) is 4.98 Å². The van der Waals surface area contributed by atoms with Crippen molar-refractivity contribution in [1.29, 1.82) is 0 Å². The van der Waals surface area contributed by atoms with Crippen molar-refractivity contribution < 1.29 is 14.3 Å². The quantitative estimate of drug-likeness (QED) is 0.413. The number of hydrogen-bond acceptors (Lipinski definition) is 5. The number of aromatic nitrogens is 1. The predicted molar refractivity (Wildman–Crippen MR) is 120 cm³/mol. The molecule has 4 rings (SSSR count). The monoisotopic (exact) mass is 418 g/mol. The highest BCUT2D eigenvalue weighted by Gasteiger charge is 2.21. The van der Waals surface area contributed by atoms with E-state index in [1.54, 1.807) is 12.0 Å². The fraction of sp³-hybridized carbons (Fsp3) is 0.167. The summed E-state index contributed by atoms with van der Waals surface area (Å²) in [6, 6.07) is 23.2. The summed E-state index contributed by atoms with van der Waals surface area (Å²) in [4.78, 5) is 19.5. The summed E-state index contributed by atoms with van der Waals surface area (Å²) < 4.78 is 12.0. The molecule has 3 aromatic carbocycles. The van der Waals surface area contributed by atoms with Gasteiger partial charge in [-0.15, -0.1) is 0 Å². The molecule has 0 aliphatic heterocycles. The molecule has 0 fully saturated rings. The van der Waals surface area contributed by atoms with E-state index in [1.807, 2.05) is 79.7 Å². The van der Waals surface area contributed by atoms with Crippen LogP contribution in [-0.2, 0) is 11.3 Å². The number of carbonyl (C=O) groups is 1. The van der Waals surface area contributed by atoms with Crippen LogP contribution in [0, 0.1) is 6.92 Å². The molecule has 0 unspecified atom stereocenters. The van der Waals surface area contributed by atoms with Gasteiger partial charge in [-0.1, -0.05) is 59.4 Å². The van der Waals surface area contributed by atoms with E-state index in [2.05, 4.69) is 4.98 Å². The number of carbonyl (C=O) groups excluding carboxylic acids is 1. The van der Waals surface area contributed by atoms with Crippen molar-refractivity contribution in [3.63, 3.8) is 0 Å². The van der Waals surface area contributed by atoms with Gasteiger partial charge in [0, 0.05) is 0 Å². The van der Waals surface area contributed by atoms with Gasteiger partial charge < -0.3 is 9.47 Å². The Hall–Kier alpha value is -3.38. The first-order chi connectivity index (χ1) is 14.6. The molecule has 0 spiro atoms. The van der Waals surface area contributed by atoms with E-state index >= 15 is 0 Å². The van der Waals surface area contributed by atoms with Gasteiger partial charge in [0.2, 0.25) is 0 Å². The van der Waals surface area contributed by atoms with Crippen LogP contribution in [-0.4, -0.2) is 24.6 Å². The van der Waals surface area contributed by atoms with E-state index in [0.29, 0.717) is 17.4 Å². The van der Waals surface area contributed by atoms with Gasteiger partial charge >= 0.3 is 0 Å². The molecule has 0 N–H and O–H groups in total. The lowest BCUT2D eigenvalue weighted by molar-refractivity contribution is -0.120. The third-order valence-corrected chi connectivity index (χ3v) is 5.72. The SMILES string of the molecule is COc1ccc2nc(N(Cc3ccccc3)C(=O)COc3ccc(C)cc3)sc2c1. The molecular formula is C24H22N2O3S. The van der Waals surface area contributed by atoms with Crippen molar-refractivity contribution in [2.24, 2.45) is 0 Å². The Kier molecular flexibility index (Phi) is 5.95. The van der Waals surface area contributed by atoms with Crippen molar-refractivity contribution in [2.75, 3.05) is 18.6 Å². The maximum absolute atomic E-state index is 13.1. The Morgan fingerprint density at radius 3 is 2.47 bits per heavy atom. The van der Waals surface area contributed by atoms with Gasteiger partial charge in [0.1, 0.15) is 11.5 Å². The number of methoxy groups -OCH3 is 1. The molecule has 5 nitrogen and oxygen atoms in total. The van der Waals surface area contributed by atoms with Crippen LogP contribution >= 0.6 is 11.3 Å². The van der Waals surface area contributed by atoms with E-state index in [9.17, 15) is 4.79 Å². The molecule has 0 aliphatic rings. The molecule has 1 amide bonds. The zero-order valence-electron chi connectivity index (χ0n) is 16.9. The maximum Gasteiger partial charge on any atom is 0.267 e. The fourth-order valence-electron chi connectivity index (χ4n) is 3.02. The van der Waals surface area contributed by atoms with Crippen LogP contribution in [0.25, 0.3) is 10.2 Å². The third-order valence-electron chi connectivity index (χ3n) is 4.68. The molecule has 0 atom stereocenters. The molecule has 4 aromatic rings. The maximum atomic E-state index is 13.1. The van der Waals surface area contributed by atoms with E-state index in [1.165, 1.54) is 11.3 Å². The number of fused-ring (bicyclic) bond motifs is 1. The van der Waals surface area contributed by atoms with Gasteiger partial charge in [-0.3, -0.25) is 9.69 Å². The Morgan fingerprint density at radius 1 is 1.00 bits per heavy atom. The number of rotatable bonds is 7. The second kappa shape index (κ2) is 8.97. The number of aryl methyl sites for hydroxylation is 1. The first-order valence-corrected chi connectivity index (χ1v) is 10.4. The van der Waals surface area contributed by atoms with Crippen LogP contribution in [0.3, 0.4) is 0 Å². The van der Waals surface area contributed by atoms with Gasteiger partial charge in [-0.05, 0) is 42.8 Å². The summed E-state index contributed by atoms with van der Waals surface area (Å²) in [6.07, 6.45) is 0. The van der Waals surface area contributed by atoms with Crippen molar-refractivity contribution in [3.05, 3.63) is 83.9 Å². The molecule has 0 bridgehead atoms. The summed E-state index contributed by atoms with van der Waals surface area (Å²) in [6.45, 7) is 2.38. The van der Waals surface area contributed by atoms with Crippen molar-refractivity contribution in [2.45, 2.75) is 13.5 Å². The van der Waals surface area contributed by atoms with Crippen LogP contribution in [0.15, 0.2) is 72.8 Å². The first kappa shape index (κ1) is 19.9. The van der Waals surface area contributed by atoms with Gasteiger partial charge in [0.05, 0.1) is 23.9 Å². The number of thiazole rings is 1. The molecule has 0 saturated carbocycles. The second-order valence-corrected chi connectivity index (χ2v) is 7.91. The zero-order chi connectivity index (χ0) is 20.9. The third kappa shape index (κ3) is 4.60. The summed E-state index contributed by atoms with van der Waals surface area (Å²) >= 11 is 1.46. The van der Waals surface area contributed by atoms with E-state index in [4.69, 9.17) is 9.47 Å². The summed E-state index contributed by atoms with van der Waals surface area (Å²) in [5, 5.41) is 0.639. The lowest BCUT2D eigenvalue weighted by Crippen LogP contribution is -2.34.